The van der Waals surface area contributed by atoms with Crippen LogP contribution in [0.4, 0.5) is 0 Å². The Morgan fingerprint density at radius 2 is 2.38 bits per heavy atom. The van der Waals surface area contributed by atoms with Gasteiger partial charge in [0.2, 0.25) is 0 Å². The first-order chi connectivity index (χ1) is 7.66. The Morgan fingerprint density at radius 1 is 1.56 bits per heavy atom. The summed E-state index contributed by atoms with van der Waals surface area (Å²) in [5, 5.41) is 14.5. The molecule has 0 amide bonds. The average molecular weight is 220 g/mol. The second-order valence-corrected chi connectivity index (χ2v) is 4.72. The molecule has 1 aromatic heterocycles. The van der Waals surface area contributed by atoms with Gasteiger partial charge in [-0.05, 0) is 38.2 Å². The fraction of sp³-hybridized carbons (Fsp3) is 0.615. The number of rotatable bonds is 3. The SMILES string of the molecule is Cc1cc(CC(O)C2CC=CCC2)n(C)n1. The Kier molecular flexibility index (Phi) is 3.44. The molecule has 0 aromatic carbocycles. The molecule has 0 fully saturated rings. The highest BCUT2D eigenvalue weighted by atomic mass is 16.3. The van der Waals surface area contributed by atoms with Gasteiger partial charge in [0.15, 0.2) is 0 Å². The number of aryl methyl sites for hydroxylation is 2. The predicted octanol–water partition coefficient (Wildman–Crippen LogP) is 1.99. The van der Waals surface area contributed by atoms with Crippen LogP contribution in [0.5, 0.6) is 0 Å². The zero-order chi connectivity index (χ0) is 11.5. The van der Waals surface area contributed by atoms with Crippen molar-refractivity contribution in [1.82, 2.24) is 9.78 Å². The maximum atomic E-state index is 10.2. The summed E-state index contributed by atoms with van der Waals surface area (Å²) in [6.45, 7) is 1.99. The lowest BCUT2D eigenvalue weighted by atomic mass is 9.87. The lowest BCUT2D eigenvalue weighted by Crippen LogP contribution is -2.24. The van der Waals surface area contributed by atoms with Crippen LogP contribution in [0.2, 0.25) is 0 Å². The molecule has 0 saturated carbocycles. The predicted molar refractivity (Wildman–Crippen MR) is 64.1 cm³/mol. The number of hydrogen-bond donors (Lipinski definition) is 1. The molecule has 2 rings (SSSR count). The standard InChI is InChI=1S/C13H20N2O/c1-10-8-12(15(2)14-10)9-13(16)11-6-4-3-5-7-11/h3-4,8,11,13,16H,5-7,9H2,1-2H3. The Hall–Kier alpha value is -1.09. The average Bonchev–Trinajstić information content (AvgIpc) is 2.59. The first-order valence-corrected chi connectivity index (χ1v) is 5.99. The van der Waals surface area contributed by atoms with E-state index in [1.54, 1.807) is 0 Å². The van der Waals surface area contributed by atoms with Gasteiger partial charge in [0.05, 0.1) is 11.8 Å². The van der Waals surface area contributed by atoms with E-state index in [4.69, 9.17) is 0 Å². The van der Waals surface area contributed by atoms with Gasteiger partial charge >= 0.3 is 0 Å². The molecule has 0 radical (unpaired) electrons. The van der Waals surface area contributed by atoms with Crippen LogP contribution in [0.1, 0.15) is 30.7 Å². The smallest absolute Gasteiger partial charge is 0.0626 e. The summed E-state index contributed by atoms with van der Waals surface area (Å²) in [6, 6.07) is 2.06. The lowest BCUT2D eigenvalue weighted by Gasteiger charge is -2.23. The summed E-state index contributed by atoms with van der Waals surface area (Å²) in [6.07, 6.45) is 8.09. The molecule has 1 aliphatic rings. The van der Waals surface area contributed by atoms with Crippen LogP contribution in [0.25, 0.3) is 0 Å². The highest BCUT2D eigenvalue weighted by Gasteiger charge is 2.20. The molecule has 0 aliphatic heterocycles. The minimum Gasteiger partial charge on any atom is -0.392 e. The van der Waals surface area contributed by atoms with Gasteiger partial charge < -0.3 is 5.11 Å². The van der Waals surface area contributed by atoms with Crippen molar-refractivity contribution in [2.75, 3.05) is 0 Å². The number of allylic oxidation sites excluding steroid dienone is 2. The molecule has 2 atom stereocenters. The Labute approximate surface area is 96.8 Å². The van der Waals surface area contributed by atoms with Gasteiger partial charge in [-0.1, -0.05) is 12.2 Å². The molecule has 0 saturated heterocycles. The van der Waals surface area contributed by atoms with E-state index < -0.39 is 0 Å². The van der Waals surface area contributed by atoms with Gasteiger partial charge in [0, 0.05) is 19.2 Å². The molecule has 3 heteroatoms. The van der Waals surface area contributed by atoms with Crippen molar-refractivity contribution in [1.29, 1.82) is 0 Å². The number of aromatic nitrogens is 2. The van der Waals surface area contributed by atoms with Crippen molar-refractivity contribution in [3.63, 3.8) is 0 Å². The Morgan fingerprint density at radius 3 is 2.94 bits per heavy atom. The lowest BCUT2D eigenvalue weighted by molar-refractivity contribution is 0.100. The maximum absolute atomic E-state index is 10.2. The number of aliphatic hydroxyl groups is 1. The fourth-order valence-corrected chi connectivity index (χ4v) is 2.40. The van der Waals surface area contributed by atoms with Crippen molar-refractivity contribution < 1.29 is 5.11 Å². The van der Waals surface area contributed by atoms with Crippen LogP contribution < -0.4 is 0 Å². The largest absolute Gasteiger partial charge is 0.392 e. The van der Waals surface area contributed by atoms with Crippen LogP contribution in [0, 0.1) is 12.8 Å². The minimum atomic E-state index is -0.236. The molecule has 3 nitrogen and oxygen atoms in total. The fourth-order valence-electron chi connectivity index (χ4n) is 2.40. The van der Waals surface area contributed by atoms with Crippen LogP contribution in [-0.4, -0.2) is 21.0 Å². The zero-order valence-electron chi connectivity index (χ0n) is 10.1. The van der Waals surface area contributed by atoms with Crippen LogP contribution >= 0.6 is 0 Å². The molecular weight excluding hydrogens is 200 g/mol. The molecule has 0 bridgehead atoms. The maximum Gasteiger partial charge on any atom is 0.0626 e. The molecular formula is C13H20N2O. The molecule has 1 N–H and O–H groups in total. The molecule has 88 valence electrons. The van der Waals surface area contributed by atoms with E-state index in [1.807, 2.05) is 18.7 Å². The van der Waals surface area contributed by atoms with E-state index in [-0.39, 0.29) is 6.10 Å². The molecule has 1 heterocycles. The monoisotopic (exact) mass is 220 g/mol. The van der Waals surface area contributed by atoms with Gasteiger partial charge in [-0.15, -0.1) is 0 Å². The first kappa shape index (κ1) is 11.4. The van der Waals surface area contributed by atoms with Crippen LogP contribution in [0.3, 0.4) is 0 Å². The summed E-state index contributed by atoms with van der Waals surface area (Å²) in [4.78, 5) is 0. The van der Waals surface area contributed by atoms with E-state index in [0.717, 1.165) is 37.1 Å². The van der Waals surface area contributed by atoms with Gasteiger partial charge in [-0.3, -0.25) is 4.68 Å². The van der Waals surface area contributed by atoms with Crippen molar-refractivity contribution >= 4 is 0 Å². The summed E-state index contributed by atoms with van der Waals surface area (Å²) in [5.74, 6) is 0.417. The van der Waals surface area contributed by atoms with Crippen molar-refractivity contribution in [2.45, 2.75) is 38.7 Å². The quantitative estimate of drug-likeness (QED) is 0.791. The van der Waals surface area contributed by atoms with Crippen molar-refractivity contribution in [3.05, 3.63) is 29.6 Å². The summed E-state index contributed by atoms with van der Waals surface area (Å²) in [5.41, 5.74) is 2.15. The summed E-state index contributed by atoms with van der Waals surface area (Å²) >= 11 is 0. The number of aliphatic hydroxyl groups excluding tert-OH is 1. The number of hydrogen-bond acceptors (Lipinski definition) is 2. The zero-order valence-corrected chi connectivity index (χ0v) is 10.1. The molecule has 1 aromatic rings. The Balaban J connectivity index is 1.98. The third kappa shape index (κ3) is 2.53. The normalized spacial score (nSPS) is 22.3. The van der Waals surface area contributed by atoms with Crippen LogP contribution in [-0.2, 0) is 13.5 Å². The van der Waals surface area contributed by atoms with E-state index in [2.05, 4.69) is 23.3 Å². The highest BCUT2D eigenvalue weighted by Crippen LogP contribution is 2.23. The first-order valence-electron chi connectivity index (χ1n) is 5.99. The molecule has 2 unspecified atom stereocenters. The summed E-state index contributed by atoms with van der Waals surface area (Å²) in [7, 11) is 1.94. The topological polar surface area (TPSA) is 38.0 Å². The van der Waals surface area contributed by atoms with Gasteiger partial charge in [-0.25, -0.2) is 0 Å². The molecule has 16 heavy (non-hydrogen) atoms. The van der Waals surface area contributed by atoms with Gasteiger partial charge in [0.25, 0.3) is 0 Å². The second kappa shape index (κ2) is 4.83. The van der Waals surface area contributed by atoms with Gasteiger partial charge in [0.1, 0.15) is 0 Å². The van der Waals surface area contributed by atoms with Crippen molar-refractivity contribution in [3.8, 4) is 0 Å². The van der Waals surface area contributed by atoms with Crippen molar-refractivity contribution in [2.24, 2.45) is 13.0 Å². The third-order valence-corrected chi connectivity index (χ3v) is 3.37. The second-order valence-electron chi connectivity index (χ2n) is 4.72. The molecule has 1 aliphatic carbocycles. The van der Waals surface area contributed by atoms with E-state index >= 15 is 0 Å². The number of nitrogens with zero attached hydrogens (tertiary/aromatic N) is 2. The van der Waals surface area contributed by atoms with E-state index in [9.17, 15) is 5.11 Å². The third-order valence-electron chi connectivity index (χ3n) is 3.37. The minimum absolute atomic E-state index is 0.236. The van der Waals surface area contributed by atoms with E-state index in [1.165, 1.54) is 0 Å². The highest BCUT2D eigenvalue weighted by molar-refractivity contribution is 5.10. The van der Waals surface area contributed by atoms with E-state index in [0.29, 0.717) is 5.92 Å². The van der Waals surface area contributed by atoms with Gasteiger partial charge in [-0.2, -0.15) is 5.10 Å². The Bertz CT molecular complexity index is 381. The summed E-state index contributed by atoms with van der Waals surface area (Å²) < 4.78 is 1.87. The molecule has 0 spiro atoms. The van der Waals surface area contributed by atoms with Crippen LogP contribution in [0.15, 0.2) is 18.2 Å².